The molecule has 11 heteroatoms. The summed E-state index contributed by atoms with van der Waals surface area (Å²) in [5, 5.41) is 6.58. The number of nitrogens with zero attached hydrogens (tertiary/aromatic N) is 3. The Balaban J connectivity index is 1.43. The third kappa shape index (κ3) is 4.14. The Hall–Kier alpha value is -2.69. The molecule has 3 N–H and O–H groups in total. The number of piperidine rings is 1. The Morgan fingerprint density at radius 2 is 2.00 bits per heavy atom. The number of alkyl halides is 3. The first-order valence-electron chi connectivity index (χ1n) is 11.7. The lowest BCUT2D eigenvalue weighted by Gasteiger charge is -2.38. The molecular weight excluding hydrogens is 451 g/mol. The second kappa shape index (κ2) is 8.21. The van der Waals surface area contributed by atoms with Crippen LogP contribution < -0.4 is 11.1 Å². The number of carbonyl (C=O) groups is 2. The van der Waals surface area contributed by atoms with Gasteiger partial charge in [0.15, 0.2) is 11.1 Å². The molecule has 1 saturated heterocycles. The van der Waals surface area contributed by atoms with E-state index >= 15 is 0 Å². The van der Waals surface area contributed by atoms with Crippen LogP contribution in [0.25, 0.3) is 5.65 Å². The summed E-state index contributed by atoms with van der Waals surface area (Å²) in [6.45, 7) is -0.566. The molecule has 2 aromatic heterocycles. The summed E-state index contributed by atoms with van der Waals surface area (Å²) in [6, 6.07) is 1.44. The van der Waals surface area contributed by atoms with Gasteiger partial charge in [-0.15, -0.1) is 0 Å². The number of halogens is 3. The van der Waals surface area contributed by atoms with E-state index in [0.29, 0.717) is 29.0 Å². The number of amides is 1. The summed E-state index contributed by atoms with van der Waals surface area (Å²) in [5.74, 6) is -1.94. The highest BCUT2D eigenvalue weighted by Gasteiger charge is 2.56. The highest BCUT2D eigenvalue weighted by Crippen LogP contribution is 2.53. The van der Waals surface area contributed by atoms with Crippen molar-refractivity contribution in [3.8, 4) is 0 Å². The molecular formula is C23H28F3N5O3. The molecule has 184 valence electrons. The lowest BCUT2D eigenvalue weighted by Crippen LogP contribution is -2.57. The minimum Gasteiger partial charge on any atom is -0.468 e. The van der Waals surface area contributed by atoms with E-state index in [0.717, 1.165) is 12.8 Å². The summed E-state index contributed by atoms with van der Waals surface area (Å²) in [7, 11) is 1.06. The molecule has 3 atom stereocenters. The summed E-state index contributed by atoms with van der Waals surface area (Å²) in [6.07, 6.45) is 2.49. The molecule has 5 rings (SSSR count). The van der Waals surface area contributed by atoms with Gasteiger partial charge in [-0.1, -0.05) is 0 Å². The predicted molar refractivity (Wildman–Crippen MR) is 114 cm³/mol. The molecule has 1 aliphatic heterocycles. The number of ether oxygens (including phenoxy) is 1. The minimum absolute atomic E-state index is 0.205. The van der Waals surface area contributed by atoms with Gasteiger partial charge in [0.1, 0.15) is 0 Å². The van der Waals surface area contributed by atoms with Crippen LogP contribution in [-0.2, 0) is 20.7 Å². The topological polar surface area (TPSA) is 112 Å². The fourth-order valence-electron chi connectivity index (χ4n) is 5.47. The molecule has 2 saturated carbocycles. The highest BCUT2D eigenvalue weighted by atomic mass is 19.4. The van der Waals surface area contributed by atoms with Gasteiger partial charge in [-0.05, 0) is 67.9 Å². The molecule has 0 bridgehead atoms. The van der Waals surface area contributed by atoms with E-state index in [2.05, 4.69) is 15.4 Å². The Kier molecular flexibility index (Phi) is 5.57. The first-order chi connectivity index (χ1) is 16.1. The van der Waals surface area contributed by atoms with Gasteiger partial charge >= 0.3 is 12.1 Å². The number of nitrogens with one attached hydrogen (secondary N) is 1. The van der Waals surface area contributed by atoms with Crippen LogP contribution in [-0.4, -0.2) is 46.3 Å². The average molecular weight is 480 g/mol. The van der Waals surface area contributed by atoms with Crippen molar-refractivity contribution in [2.75, 3.05) is 13.7 Å². The second-order valence-corrected chi connectivity index (χ2v) is 10.0. The number of imidazole rings is 1. The number of hydrogen-bond acceptors (Lipinski definition) is 6. The fourth-order valence-corrected chi connectivity index (χ4v) is 5.47. The Bertz CT molecular complexity index is 1090. The molecule has 2 aromatic rings. The maximum Gasteiger partial charge on any atom is 0.393 e. The van der Waals surface area contributed by atoms with Crippen molar-refractivity contribution in [1.82, 2.24) is 19.9 Å². The van der Waals surface area contributed by atoms with Crippen molar-refractivity contribution in [2.45, 2.75) is 50.7 Å². The molecule has 2 aliphatic carbocycles. The summed E-state index contributed by atoms with van der Waals surface area (Å²) in [5.41, 5.74) is 6.22. The van der Waals surface area contributed by atoms with Crippen LogP contribution in [0.3, 0.4) is 0 Å². The van der Waals surface area contributed by atoms with E-state index < -0.39 is 42.4 Å². The van der Waals surface area contributed by atoms with Crippen molar-refractivity contribution < 1.29 is 27.5 Å². The van der Waals surface area contributed by atoms with E-state index in [1.807, 2.05) is 0 Å². The maximum atomic E-state index is 13.5. The normalized spacial score (nSPS) is 26.5. The number of methoxy groups -OCH3 is 1. The van der Waals surface area contributed by atoms with E-state index in [4.69, 9.17) is 10.5 Å². The number of esters is 1. The van der Waals surface area contributed by atoms with Crippen LogP contribution in [0.4, 0.5) is 13.2 Å². The van der Waals surface area contributed by atoms with Gasteiger partial charge in [0, 0.05) is 6.54 Å². The molecule has 3 fully saturated rings. The number of nitrogens with two attached hydrogens (primary N) is 1. The van der Waals surface area contributed by atoms with Gasteiger partial charge in [0.05, 0.1) is 37.2 Å². The lowest BCUT2D eigenvalue weighted by molar-refractivity contribution is -0.195. The highest BCUT2D eigenvalue weighted by molar-refractivity contribution is 6.03. The smallest absolute Gasteiger partial charge is 0.393 e. The fraction of sp³-hybridized carbons (Fsp3) is 0.652. The zero-order valence-corrected chi connectivity index (χ0v) is 18.8. The number of carbonyl (C=O) groups excluding carboxylic acids is 2. The molecule has 0 radical (unpaired) electrons. The van der Waals surface area contributed by atoms with Crippen LogP contribution in [0.15, 0.2) is 18.5 Å². The van der Waals surface area contributed by atoms with Crippen molar-refractivity contribution in [3.05, 3.63) is 29.7 Å². The first kappa shape index (κ1) is 23.1. The number of fused-ring (bicyclic) bond motifs is 1. The number of rotatable bonds is 7. The van der Waals surface area contributed by atoms with Crippen molar-refractivity contribution in [2.24, 2.45) is 34.8 Å². The van der Waals surface area contributed by atoms with E-state index in [1.54, 1.807) is 16.8 Å². The largest absolute Gasteiger partial charge is 0.468 e. The summed E-state index contributed by atoms with van der Waals surface area (Å²) < 4.78 is 46.7. The first-order valence-corrected chi connectivity index (χ1v) is 11.7. The quantitative estimate of drug-likeness (QED) is 0.466. The molecule has 0 spiro atoms. The van der Waals surface area contributed by atoms with E-state index in [-0.39, 0.29) is 12.5 Å². The third-order valence-electron chi connectivity index (χ3n) is 7.57. The van der Waals surface area contributed by atoms with Crippen LogP contribution in [0.2, 0.25) is 0 Å². The van der Waals surface area contributed by atoms with Crippen LogP contribution >= 0.6 is 0 Å². The van der Waals surface area contributed by atoms with Gasteiger partial charge in [0.25, 0.3) is 0 Å². The molecule has 3 aliphatic rings. The Morgan fingerprint density at radius 3 is 2.59 bits per heavy atom. The summed E-state index contributed by atoms with van der Waals surface area (Å²) >= 11 is 0. The molecule has 0 aromatic carbocycles. The minimum atomic E-state index is -4.55. The Morgan fingerprint density at radius 1 is 1.32 bits per heavy atom. The molecule has 1 unspecified atom stereocenters. The van der Waals surface area contributed by atoms with Crippen molar-refractivity contribution >= 4 is 17.5 Å². The zero-order valence-electron chi connectivity index (χ0n) is 18.8. The van der Waals surface area contributed by atoms with E-state index in [1.165, 1.54) is 31.9 Å². The van der Waals surface area contributed by atoms with Crippen LogP contribution in [0.5, 0.6) is 0 Å². The second-order valence-electron chi connectivity index (χ2n) is 10.0. The Labute approximate surface area is 194 Å². The average Bonchev–Trinajstić information content (AvgIpc) is 3.73. The molecule has 34 heavy (non-hydrogen) atoms. The standard InChI is InChI=1S/C23H28F3N5O3/c1-34-21(33)22(8-15(23(24,25)26)10-28-20(22)32)7-12-6-17-30-16(11-31(17)29-9-12)19(27)18(13-2-3-13)14-4-5-14/h6,9,11,13-15,18-19H,2-5,7-8,10,27H2,1H3,(H,28,32)/t15-,19+,22?/m0/s1. The van der Waals surface area contributed by atoms with E-state index in [9.17, 15) is 22.8 Å². The summed E-state index contributed by atoms with van der Waals surface area (Å²) in [4.78, 5) is 30.0. The number of hydrogen-bond donors (Lipinski definition) is 2. The zero-order chi connectivity index (χ0) is 24.3. The van der Waals surface area contributed by atoms with Gasteiger partial charge in [-0.25, -0.2) is 9.50 Å². The lowest BCUT2D eigenvalue weighted by atomic mass is 9.71. The van der Waals surface area contributed by atoms with Crippen molar-refractivity contribution in [3.63, 3.8) is 0 Å². The molecule has 1 amide bonds. The van der Waals surface area contributed by atoms with Gasteiger partial charge in [-0.3, -0.25) is 9.59 Å². The van der Waals surface area contributed by atoms with Gasteiger partial charge in [0.2, 0.25) is 5.91 Å². The van der Waals surface area contributed by atoms with Gasteiger partial charge in [-0.2, -0.15) is 18.3 Å². The van der Waals surface area contributed by atoms with Gasteiger partial charge < -0.3 is 15.8 Å². The van der Waals surface area contributed by atoms with Crippen LogP contribution in [0, 0.1) is 29.1 Å². The number of aromatic nitrogens is 3. The SMILES string of the molecule is COC(=O)C1(Cc2cnn3cc([C@@H](N)C(C4CC4)C4CC4)nc3c2)C[C@H](C(F)(F)F)CNC1=O. The predicted octanol–water partition coefficient (Wildman–Crippen LogP) is 2.57. The van der Waals surface area contributed by atoms with Crippen LogP contribution in [0.1, 0.15) is 49.4 Å². The van der Waals surface area contributed by atoms with Crippen molar-refractivity contribution in [1.29, 1.82) is 0 Å². The third-order valence-corrected chi connectivity index (χ3v) is 7.57. The monoisotopic (exact) mass is 479 g/mol. The molecule has 3 heterocycles. The maximum absolute atomic E-state index is 13.5. The molecule has 8 nitrogen and oxygen atoms in total.